The summed E-state index contributed by atoms with van der Waals surface area (Å²) in [4.78, 5) is 26.6. The number of nitrogens with zero attached hydrogens (tertiary/aromatic N) is 3. The van der Waals surface area contributed by atoms with Gasteiger partial charge in [0.05, 0.1) is 24.2 Å². The van der Waals surface area contributed by atoms with Gasteiger partial charge in [-0.2, -0.15) is 4.55 Å². The molecule has 4 N–H and O–H groups in total. The van der Waals surface area contributed by atoms with E-state index in [0.717, 1.165) is 41.3 Å². The Labute approximate surface area is 210 Å². The minimum atomic E-state index is -2.80. The van der Waals surface area contributed by atoms with Crippen molar-refractivity contribution in [2.24, 2.45) is 0 Å². The normalized spacial score (nSPS) is 18.6. The first kappa shape index (κ1) is 22.9. The number of para-hydroxylation sites is 1. The topological polar surface area (TPSA) is 125 Å². The Morgan fingerprint density at radius 3 is 2.36 bits per heavy atom. The summed E-state index contributed by atoms with van der Waals surface area (Å²) in [5.41, 5.74) is 11.4. The molecular formula is C27H28N5O3S+. The number of aromatic nitrogens is 3. The zero-order valence-corrected chi connectivity index (χ0v) is 20.6. The molecule has 1 saturated carbocycles. The summed E-state index contributed by atoms with van der Waals surface area (Å²) in [6.07, 6.45) is 8.75. The number of nitrogen functional groups attached to an aromatic ring is 1. The standard InChI is InChI=1S/C27H27N5O3S/c28-26-30-15-19(16-31-26)18-5-7-20(8-6-18)27(9-2-10-27)23-17-29-24-21(23)3-1-4-22(24)25(33)32-11-13-36(34,35)14-12-32/h1,3-8,15-17H,2,9-14H2,(H3-,28,29,30,31,33,34,35)/p+1. The van der Waals surface area contributed by atoms with Crippen molar-refractivity contribution >= 4 is 33.0 Å². The Morgan fingerprint density at radius 1 is 1.03 bits per heavy atom. The molecule has 4 aromatic rings. The van der Waals surface area contributed by atoms with E-state index >= 15 is 0 Å². The summed E-state index contributed by atoms with van der Waals surface area (Å²) in [6.45, 7) is 0.598. The van der Waals surface area contributed by atoms with Crippen LogP contribution in [0.2, 0.25) is 0 Å². The van der Waals surface area contributed by atoms with Crippen LogP contribution in [-0.2, 0) is 19.8 Å². The molecule has 0 spiro atoms. The SMILES string of the molecule is Nc1ncc(-c2ccc(C3(c4c[nH]c5c(C(=O)N6CC[S+](=O)(O)CC6)cccc45)CCC3)cc2)cn1. The molecule has 1 amide bonds. The minimum Gasteiger partial charge on any atom is -0.368 e. The average Bonchev–Trinajstić information content (AvgIpc) is 3.28. The van der Waals surface area contributed by atoms with Gasteiger partial charge in [-0.05, 0) is 35.6 Å². The molecule has 2 aliphatic rings. The molecule has 9 heteroatoms. The molecule has 0 bridgehead atoms. The molecular weight excluding hydrogens is 474 g/mol. The van der Waals surface area contributed by atoms with Crippen LogP contribution < -0.4 is 5.73 Å². The monoisotopic (exact) mass is 502 g/mol. The summed E-state index contributed by atoms with van der Waals surface area (Å²) in [5, 5.41) is 1.06. The van der Waals surface area contributed by atoms with Crippen molar-refractivity contribution in [3.8, 4) is 11.1 Å². The highest BCUT2D eigenvalue weighted by Crippen LogP contribution is 2.51. The number of carbonyl (C=O) groups excluding carboxylic acids is 1. The molecule has 1 aliphatic heterocycles. The first-order chi connectivity index (χ1) is 17.4. The van der Waals surface area contributed by atoms with Crippen LogP contribution >= 0.6 is 0 Å². The number of amides is 1. The third-order valence-corrected chi connectivity index (χ3v) is 9.40. The van der Waals surface area contributed by atoms with Gasteiger partial charge in [0, 0.05) is 35.0 Å². The van der Waals surface area contributed by atoms with Crippen LogP contribution in [0.4, 0.5) is 5.95 Å². The number of fused-ring (bicyclic) bond motifs is 1. The van der Waals surface area contributed by atoms with E-state index in [1.165, 1.54) is 11.1 Å². The summed E-state index contributed by atoms with van der Waals surface area (Å²) in [5.74, 6) is 0.425. The fourth-order valence-electron chi connectivity index (χ4n) is 5.53. The van der Waals surface area contributed by atoms with Crippen molar-refractivity contribution in [2.45, 2.75) is 24.7 Å². The second kappa shape index (κ2) is 8.53. The molecule has 2 fully saturated rings. The maximum Gasteiger partial charge on any atom is 0.256 e. The number of H-pyrrole nitrogens is 1. The number of hydrogen-bond acceptors (Lipinski definition) is 5. The van der Waals surface area contributed by atoms with Crippen LogP contribution in [0, 0.1) is 0 Å². The van der Waals surface area contributed by atoms with Gasteiger partial charge in [0.15, 0.2) is 11.5 Å². The molecule has 8 nitrogen and oxygen atoms in total. The molecule has 184 valence electrons. The van der Waals surface area contributed by atoms with E-state index in [9.17, 15) is 13.6 Å². The van der Waals surface area contributed by atoms with E-state index < -0.39 is 10.2 Å². The first-order valence-electron chi connectivity index (χ1n) is 12.2. The Kier molecular flexibility index (Phi) is 5.42. The molecule has 6 rings (SSSR count). The predicted octanol–water partition coefficient (Wildman–Crippen LogP) is 4.11. The van der Waals surface area contributed by atoms with Crippen LogP contribution in [-0.4, -0.2) is 54.9 Å². The number of rotatable bonds is 4. The van der Waals surface area contributed by atoms with Gasteiger partial charge in [-0.15, -0.1) is 0 Å². The number of aromatic amines is 1. The minimum absolute atomic E-state index is 0.0957. The number of benzene rings is 2. The van der Waals surface area contributed by atoms with E-state index in [4.69, 9.17) is 5.73 Å². The number of hydrogen-bond donors (Lipinski definition) is 3. The molecule has 0 atom stereocenters. The second-order valence-corrected chi connectivity index (χ2v) is 12.1. The van der Waals surface area contributed by atoms with Gasteiger partial charge >= 0.3 is 0 Å². The van der Waals surface area contributed by atoms with Gasteiger partial charge in [0.25, 0.3) is 5.91 Å². The summed E-state index contributed by atoms with van der Waals surface area (Å²) >= 11 is 0. The maximum absolute atomic E-state index is 13.3. The quantitative estimate of drug-likeness (QED) is 0.361. The zero-order valence-electron chi connectivity index (χ0n) is 19.8. The van der Waals surface area contributed by atoms with Gasteiger partial charge in [-0.25, -0.2) is 9.97 Å². The van der Waals surface area contributed by atoms with Crippen LogP contribution in [0.3, 0.4) is 0 Å². The lowest BCUT2D eigenvalue weighted by molar-refractivity contribution is 0.0770. The molecule has 3 heterocycles. The largest absolute Gasteiger partial charge is 0.368 e. The van der Waals surface area contributed by atoms with Gasteiger partial charge in [0.2, 0.25) is 16.2 Å². The number of nitrogens with two attached hydrogens (primary N) is 1. The highest BCUT2D eigenvalue weighted by atomic mass is 32.3. The van der Waals surface area contributed by atoms with Crippen molar-refractivity contribution in [3.63, 3.8) is 0 Å². The van der Waals surface area contributed by atoms with Crippen LogP contribution in [0.1, 0.15) is 40.7 Å². The third kappa shape index (κ3) is 3.79. The molecule has 0 radical (unpaired) electrons. The first-order valence-corrected chi connectivity index (χ1v) is 14.0. The highest BCUT2D eigenvalue weighted by molar-refractivity contribution is 7.97. The Morgan fingerprint density at radius 2 is 1.72 bits per heavy atom. The number of anilines is 1. The predicted molar refractivity (Wildman–Crippen MR) is 141 cm³/mol. The van der Waals surface area contributed by atoms with Crippen molar-refractivity contribution in [2.75, 3.05) is 30.3 Å². The van der Waals surface area contributed by atoms with E-state index in [-0.39, 0.29) is 28.8 Å². The lowest BCUT2D eigenvalue weighted by Crippen LogP contribution is -2.46. The Balaban J connectivity index is 1.33. The third-order valence-electron chi connectivity index (χ3n) is 7.76. The number of carbonyl (C=O) groups is 1. The molecule has 1 aliphatic carbocycles. The molecule has 36 heavy (non-hydrogen) atoms. The zero-order chi connectivity index (χ0) is 24.9. The molecule has 1 saturated heterocycles. The maximum atomic E-state index is 13.3. The molecule has 2 aromatic carbocycles. The van der Waals surface area contributed by atoms with Crippen LogP contribution in [0.25, 0.3) is 22.0 Å². The van der Waals surface area contributed by atoms with E-state index in [1.807, 2.05) is 12.1 Å². The van der Waals surface area contributed by atoms with E-state index in [1.54, 1.807) is 17.3 Å². The Bertz CT molecular complexity index is 1480. The average molecular weight is 503 g/mol. The van der Waals surface area contributed by atoms with Gasteiger partial charge in [0.1, 0.15) is 0 Å². The van der Waals surface area contributed by atoms with Gasteiger partial charge in [-0.3, -0.25) is 4.79 Å². The summed E-state index contributed by atoms with van der Waals surface area (Å²) in [6, 6.07) is 14.4. The van der Waals surface area contributed by atoms with Crippen LogP contribution in [0.5, 0.6) is 0 Å². The summed E-state index contributed by atoms with van der Waals surface area (Å²) < 4.78 is 21.7. The fourth-order valence-corrected chi connectivity index (χ4v) is 6.75. The fraction of sp³-hybridized carbons (Fsp3) is 0.296. The smallest absolute Gasteiger partial charge is 0.256 e. The van der Waals surface area contributed by atoms with Gasteiger partial charge in [-0.1, -0.05) is 47.0 Å². The van der Waals surface area contributed by atoms with Crippen LogP contribution in [0.15, 0.2) is 61.1 Å². The van der Waals surface area contributed by atoms with Crippen molar-refractivity contribution < 1.29 is 13.6 Å². The highest BCUT2D eigenvalue weighted by Gasteiger charge is 2.42. The second-order valence-electron chi connectivity index (χ2n) is 9.75. The summed E-state index contributed by atoms with van der Waals surface area (Å²) in [7, 11) is -2.80. The lowest BCUT2D eigenvalue weighted by atomic mass is 9.60. The van der Waals surface area contributed by atoms with Crippen molar-refractivity contribution in [1.82, 2.24) is 19.9 Å². The molecule has 2 aromatic heterocycles. The molecule has 0 unspecified atom stereocenters. The van der Waals surface area contributed by atoms with Gasteiger partial charge < -0.3 is 15.6 Å². The van der Waals surface area contributed by atoms with E-state index in [2.05, 4.69) is 51.5 Å². The number of nitrogens with one attached hydrogen (secondary N) is 1. The van der Waals surface area contributed by atoms with E-state index in [0.29, 0.717) is 18.7 Å². The van der Waals surface area contributed by atoms with Crippen molar-refractivity contribution in [1.29, 1.82) is 0 Å². The Hall–Kier alpha value is -3.56. The van der Waals surface area contributed by atoms with Crippen molar-refractivity contribution in [3.05, 3.63) is 77.7 Å². The lowest BCUT2D eigenvalue weighted by Gasteiger charge is -2.43.